The maximum Gasteiger partial charge on any atom is 0.271 e. The Bertz CT molecular complexity index is 960. The van der Waals surface area contributed by atoms with Crippen LogP contribution < -0.4 is 20.7 Å². The average molecular weight is 393 g/mol. The van der Waals surface area contributed by atoms with Crippen molar-refractivity contribution in [2.45, 2.75) is 13.8 Å². The second-order valence-electron chi connectivity index (χ2n) is 6.30. The van der Waals surface area contributed by atoms with Crippen molar-refractivity contribution in [1.82, 2.24) is 25.3 Å². The van der Waals surface area contributed by atoms with Crippen LogP contribution in [0.15, 0.2) is 42.7 Å². The minimum Gasteiger partial charge on any atom is -0.497 e. The summed E-state index contributed by atoms with van der Waals surface area (Å²) >= 11 is 0. The van der Waals surface area contributed by atoms with Crippen LogP contribution in [0.5, 0.6) is 5.75 Å². The molecule has 0 saturated carbocycles. The summed E-state index contributed by atoms with van der Waals surface area (Å²) in [5, 5.41) is 9.13. The van der Waals surface area contributed by atoms with Gasteiger partial charge in [-0.15, -0.1) is 0 Å². The molecule has 0 aliphatic heterocycles. The van der Waals surface area contributed by atoms with Crippen molar-refractivity contribution in [3.05, 3.63) is 59.8 Å². The van der Waals surface area contributed by atoms with Gasteiger partial charge in [-0.3, -0.25) is 9.78 Å². The highest BCUT2D eigenvalue weighted by molar-refractivity contribution is 5.91. The van der Waals surface area contributed by atoms with Gasteiger partial charge in [-0.2, -0.15) is 4.98 Å². The molecule has 0 spiro atoms. The number of benzene rings is 1. The molecule has 0 atom stereocenters. The third kappa shape index (κ3) is 5.86. The number of methoxy groups -OCH3 is 1. The molecule has 9 nitrogen and oxygen atoms in total. The first-order valence-electron chi connectivity index (χ1n) is 9.11. The number of nitrogens with one attached hydrogen (secondary N) is 3. The lowest BCUT2D eigenvalue weighted by Crippen LogP contribution is -2.29. The molecule has 2 heterocycles. The van der Waals surface area contributed by atoms with Crippen LogP contribution in [-0.2, 0) is 0 Å². The normalized spacial score (nSPS) is 10.3. The highest BCUT2D eigenvalue weighted by Crippen LogP contribution is 2.19. The lowest BCUT2D eigenvalue weighted by molar-refractivity contribution is 0.0949. The number of hydrogen-bond donors (Lipinski definition) is 3. The van der Waals surface area contributed by atoms with Gasteiger partial charge >= 0.3 is 0 Å². The number of hydrogen-bond acceptors (Lipinski definition) is 8. The second-order valence-corrected chi connectivity index (χ2v) is 6.30. The Morgan fingerprint density at radius 3 is 2.48 bits per heavy atom. The fourth-order valence-corrected chi connectivity index (χ4v) is 2.48. The summed E-state index contributed by atoms with van der Waals surface area (Å²) in [4.78, 5) is 29.0. The number of nitrogens with zero attached hydrogens (tertiary/aromatic N) is 4. The maximum absolute atomic E-state index is 12.0. The molecule has 1 aromatic carbocycles. The number of rotatable bonds is 8. The van der Waals surface area contributed by atoms with Crippen molar-refractivity contribution in [3.63, 3.8) is 0 Å². The Morgan fingerprint density at radius 1 is 1.00 bits per heavy atom. The Labute approximate surface area is 169 Å². The molecule has 0 saturated heterocycles. The molecule has 0 radical (unpaired) electrons. The smallest absolute Gasteiger partial charge is 0.271 e. The Morgan fingerprint density at radius 2 is 1.79 bits per heavy atom. The fraction of sp³-hybridized carbons (Fsp3) is 0.250. The molecule has 1 amide bonds. The molecule has 9 heteroatoms. The van der Waals surface area contributed by atoms with E-state index in [2.05, 4.69) is 35.9 Å². The minimum atomic E-state index is -0.272. The number of anilines is 3. The van der Waals surface area contributed by atoms with Crippen LogP contribution in [0.1, 0.15) is 21.9 Å². The molecular weight excluding hydrogens is 370 g/mol. The number of carbonyl (C=O) groups excluding carboxylic acids is 1. The van der Waals surface area contributed by atoms with Crippen molar-refractivity contribution in [1.29, 1.82) is 0 Å². The SMILES string of the molecule is COc1ccc(Nc2cc(C)nc(NCCNC(=O)c3cnc(C)cn3)n2)cc1. The first kappa shape index (κ1) is 20.0. The lowest BCUT2D eigenvalue weighted by Gasteiger charge is -2.11. The molecule has 0 aliphatic rings. The van der Waals surface area contributed by atoms with Gasteiger partial charge in [-0.25, -0.2) is 9.97 Å². The van der Waals surface area contributed by atoms with Gasteiger partial charge in [0.15, 0.2) is 0 Å². The maximum atomic E-state index is 12.0. The van der Waals surface area contributed by atoms with Crippen LogP contribution in [0.25, 0.3) is 0 Å². The van der Waals surface area contributed by atoms with E-state index in [0.29, 0.717) is 24.9 Å². The highest BCUT2D eigenvalue weighted by Gasteiger charge is 2.07. The number of carbonyl (C=O) groups is 1. The summed E-state index contributed by atoms with van der Waals surface area (Å²) in [5.41, 5.74) is 2.76. The third-order valence-electron chi connectivity index (χ3n) is 3.92. The molecule has 0 bridgehead atoms. The molecule has 3 aromatic rings. The Hall–Kier alpha value is -3.75. The zero-order valence-corrected chi connectivity index (χ0v) is 16.6. The molecule has 0 fully saturated rings. The lowest BCUT2D eigenvalue weighted by atomic mass is 10.3. The van der Waals surface area contributed by atoms with E-state index in [1.54, 1.807) is 13.3 Å². The van der Waals surface area contributed by atoms with E-state index in [0.717, 1.165) is 22.8 Å². The summed E-state index contributed by atoms with van der Waals surface area (Å²) in [7, 11) is 1.63. The van der Waals surface area contributed by atoms with Crippen LogP contribution in [0, 0.1) is 13.8 Å². The molecule has 2 aromatic heterocycles. The average Bonchev–Trinajstić information content (AvgIpc) is 2.72. The summed E-state index contributed by atoms with van der Waals surface area (Å²) in [6.45, 7) is 4.57. The highest BCUT2D eigenvalue weighted by atomic mass is 16.5. The van der Waals surface area contributed by atoms with Crippen LogP contribution in [0.2, 0.25) is 0 Å². The van der Waals surface area contributed by atoms with Gasteiger partial charge in [-0.1, -0.05) is 0 Å². The monoisotopic (exact) mass is 393 g/mol. The zero-order chi connectivity index (χ0) is 20.6. The van der Waals surface area contributed by atoms with Gasteiger partial charge in [-0.05, 0) is 38.1 Å². The van der Waals surface area contributed by atoms with Gasteiger partial charge in [0, 0.05) is 36.7 Å². The quantitative estimate of drug-likeness (QED) is 0.500. The number of aryl methyl sites for hydroxylation is 2. The molecule has 3 N–H and O–H groups in total. The molecule has 29 heavy (non-hydrogen) atoms. The van der Waals surface area contributed by atoms with Gasteiger partial charge in [0.1, 0.15) is 17.3 Å². The molecule has 0 aliphatic carbocycles. The van der Waals surface area contributed by atoms with Crippen LogP contribution in [0.3, 0.4) is 0 Å². The number of aromatic nitrogens is 4. The van der Waals surface area contributed by atoms with E-state index < -0.39 is 0 Å². The van der Waals surface area contributed by atoms with Crippen LogP contribution >= 0.6 is 0 Å². The van der Waals surface area contributed by atoms with Crippen LogP contribution in [0.4, 0.5) is 17.5 Å². The van der Waals surface area contributed by atoms with Crippen LogP contribution in [-0.4, -0.2) is 46.0 Å². The summed E-state index contributed by atoms with van der Waals surface area (Å²) in [5.74, 6) is 1.66. The minimum absolute atomic E-state index is 0.272. The molecule has 3 rings (SSSR count). The van der Waals surface area contributed by atoms with Crippen molar-refractivity contribution in [3.8, 4) is 5.75 Å². The molecular formula is C20H23N7O2. The van der Waals surface area contributed by atoms with Crippen molar-refractivity contribution >= 4 is 23.4 Å². The van der Waals surface area contributed by atoms with E-state index in [1.165, 1.54) is 6.20 Å². The summed E-state index contributed by atoms with van der Waals surface area (Å²) in [6, 6.07) is 9.42. The van der Waals surface area contributed by atoms with Gasteiger partial charge in [0.25, 0.3) is 5.91 Å². The standard InChI is InChI=1S/C20H23N7O2/c1-13-10-18(26-15-4-6-16(29-3)7-5-15)27-20(25-13)22-9-8-21-19(28)17-12-23-14(2)11-24-17/h4-7,10-12H,8-9H2,1-3H3,(H,21,28)(H2,22,25,26,27). The summed E-state index contributed by atoms with van der Waals surface area (Å²) < 4.78 is 5.16. The van der Waals surface area contributed by atoms with Crippen molar-refractivity contribution < 1.29 is 9.53 Å². The third-order valence-corrected chi connectivity index (χ3v) is 3.92. The topological polar surface area (TPSA) is 114 Å². The Kier molecular flexibility index (Phi) is 6.51. The first-order valence-corrected chi connectivity index (χ1v) is 9.11. The van der Waals surface area contributed by atoms with Gasteiger partial charge in [0.05, 0.1) is 19.0 Å². The van der Waals surface area contributed by atoms with E-state index in [9.17, 15) is 4.79 Å². The fourth-order valence-electron chi connectivity index (χ4n) is 2.48. The van der Waals surface area contributed by atoms with Crippen molar-refractivity contribution in [2.75, 3.05) is 30.8 Å². The van der Waals surface area contributed by atoms with Crippen molar-refractivity contribution in [2.24, 2.45) is 0 Å². The predicted octanol–water partition coefficient (Wildman–Crippen LogP) is 2.48. The van der Waals surface area contributed by atoms with E-state index in [-0.39, 0.29) is 11.6 Å². The predicted molar refractivity (Wildman–Crippen MR) is 111 cm³/mol. The number of amides is 1. The van der Waals surface area contributed by atoms with E-state index in [4.69, 9.17) is 4.74 Å². The van der Waals surface area contributed by atoms with Gasteiger partial charge < -0.3 is 20.7 Å². The molecule has 150 valence electrons. The second kappa shape index (κ2) is 9.45. The van der Waals surface area contributed by atoms with Gasteiger partial charge in [0.2, 0.25) is 5.95 Å². The first-order chi connectivity index (χ1) is 14.0. The zero-order valence-electron chi connectivity index (χ0n) is 16.6. The molecule has 0 unspecified atom stereocenters. The Balaban J connectivity index is 1.52. The number of ether oxygens (including phenoxy) is 1. The van der Waals surface area contributed by atoms with E-state index in [1.807, 2.05) is 44.2 Å². The van der Waals surface area contributed by atoms with E-state index >= 15 is 0 Å². The largest absolute Gasteiger partial charge is 0.497 e. The summed E-state index contributed by atoms with van der Waals surface area (Å²) in [6.07, 6.45) is 3.02.